The van der Waals surface area contributed by atoms with Crippen molar-refractivity contribution in [3.63, 3.8) is 0 Å². The molecule has 0 bridgehead atoms. The van der Waals surface area contributed by atoms with Gasteiger partial charge in [0.25, 0.3) is 5.91 Å². The van der Waals surface area contributed by atoms with E-state index in [1.54, 1.807) is 49.7 Å². The maximum Gasteiger partial charge on any atom is 0.335 e. The molecule has 0 unspecified atom stereocenters. The zero-order valence-corrected chi connectivity index (χ0v) is 19.9. The number of methoxy groups -OCH3 is 1. The monoisotopic (exact) mass is 499 g/mol. The summed E-state index contributed by atoms with van der Waals surface area (Å²) in [6, 6.07) is 15.4. The normalized spacial score (nSPS) is 13.4. The number of anilines is 2. The van der Waals surface area contributed by atoms with Crippen LogP contribution in [0.2, 0.25) is 0 Å². The zero-order chi connectivity index (χ0) is 25.2. The van der Waals surface area contributed by atoms with E-state index in [-0.39, 0.29) is 23.8 Å². The molecule has 0 fully saturated rings. The molecule has 4 N–H and O–H groups in total. The van der Waals surface area contributed by atoms with Crippen molar-refractivity contribution in [2.75, 3.05) is 17.7 Å². The van der Waals surface area contributed by atoms with Crippen molar-refractivity contribution in [3.05, 3.63) is 87.9 Å². The van der Waals surface area contributed by atoms with Crippen molar-refractivity contribution in [2.24, 2.45) is 0 Å². The maximum atomic E-state index is 13.0. The summed E-state index contributed by atoms with van der Waals surface area (Å²) in [5.74, 6) is -0.959. The van der Waals surface area contributed by atoms with E-state index in [0.29, 0.717) is 45.1 Å². The first-order valence-electron chi connectivity index (χ1n) is 11.0. The number of rotatable bonds is 7. The van der Waals surface area contributed by atoms with Crippen LogP contribution in [0.15, 0.2) is 66.2 Å². The summed E-state index contributed by atoms with van der Waals surface area (Å²) in [5, 5.41) is 17.1. The van der Waals surface area contributed by atoms with Crippen LogP contribution in [0, 0.1) is 0 Å². The molecule has 0 saturated carbocycles. The van der Waals surface area contributed by atoms with E-state index in [1.165, 1.54) is 23.5 Å². The Balaban J connectivity index is 1.65. The highest BCUT2D eigenvalue weighted by atomic mass is 32.1. The number of aromatic nitrogens is 1. The van der Waals surface area contributed by atoms with Gasteiger partial charge in [0.05, 0.1) is 30.4 Å². The number of hydrogen-bond donors (Lipinski definition) is 4. The number of aromatic carboxylic acids is 1. The number of nitrogens with one attached hydrogen (secondary N) is 3. The fourth-order valence-electron chi connectivity index (χ4n) is 4.18. The van der Waals surface area contributed by atoms with Gasteiger partial charge in [0.2, 0.25) is 5.91 Å². The summed E-state index contributed by atoms with van der Waals surface area (Å²) in [6.07, 6.45) is 3.63. The average Bonchev–Trinajstić information content (AvgIpc) is 3.61. The lowest BCUT2D eigenvalue weighted by molar-refractivity contribution is -0.115. The van der Waals surface area contributed by atoms with E-state index in [2.05, 4.69) is 15.6 Å². The smallest absolute Gasteiger partial charge is 0.335 e. The molecule has 9 heteroatoms. The molecule has 2 aromatic heterocycles. The first kappa shape index (κ1) is 23.1. The molecule has 0 radical (unpaired) electrons. The largest absolute Gasteiger partial charge is 0.495 e. The lowest BCUT2D eigenvalue weighted by atomic mass is 9.92. The van der Waals surface area contributed by atoms with Crippen LogP contribution in [-0.2, 0) is 16.0 Å². The molecular formula is C27H21N3O5S. The molecule has 0 aliphatic carbocycles. The highest BCUT2D eigenvalue weighted by Crippen LogP contribution is 2.45. The Morgan fingerprint density at radius 2 is 1.89 bits per heavy atom. The molecule has 0 saturated heterocycles. The standard InChI is InChI=1S/C27H21N3O5S/c1-35-22-10-11-28-21(22)14-18-25-20(30-26(18)32)9-8-19(29-23(31)13-17-3-2-12-36-17)24(25)15-4-6-16(7-5-15)27(33)34/h2-12,14,28H,13H2,1H3,(H,29,31)(H,30,32)(H,33,34). The minimum Gasteiger partial charge on any atom is -0.495 e. The van der Waals surface area contributed by atoms with Crippen molar-refractivity contribution >= 4 is 52.1 Å². The minimum absolute atomic E-state index is 0.135. The van der Waals surface area contributed by atoms with Gasteiger partial charge in [-0.3, -0.25) is 9.59 Å². The van der Waals surface area contributed by atoms with Crippen molar-refractivity contribution in [3.8, 4) is 16.9 Å². The average molecular weight is 500 g/mol. The van der Waals surface area contributed by atoms with Gasteiger partial charge in [-0.15, -0.1) is 11.3 Å². The number of benzene rings is 2. The number of carbonyl (C=O) groups is 3. The fourth-order valence-corrected chi connectivity index (χ4v) is 4.88. The molecule has 4 aromatic rings. The highest BCUT2D eigenvalue weighted by Gasteiger charge is 2.30. The van der Waals surface area contributed by atoms with Gasteiger partial charge in [0.15, 0.2) is 0 Å². The van der Waals surface area contributed by atoms with E-state index in [9.17, 15) is 19.5 Å². The first-order valence-corrected chi connectivity index (χ1v) is 11.9. The molecule has 2 aromatic carbocycles. The number of carbonyl (C=O) groups excluding carboxylic acids is 2. The second-order valence-corrected chi connectivity index (χ2v) is 9.10. The number of H-pyrrole nitrogens is 1. The minimum atomic E-state index is -1.04. The van der Waals surface area contributed by atoms with Gasteiger partial charge < -0.3 is 25.5 Å². The van der Waals surface area contributed by atoms with Crippen LogP contribution in [0.25, 0.3) is 22.8 Å². The Kier molecular flexibility index (Phi) is 6.14. The maximum absolute atomic E-state index is 13.0. The Morgan fingerprint density at radius 1 is 1.08 bits per heavy atom. The number of thiophene rings is 1. The highest BCUT2D eigenvalue weighted by molar-refractivity contribution is 7.10. The molecule has 2 amide bonds. The molecule has 0 atom stereocenters. The SMILES string of the molecule is COc1cc[nH]c1C=C1C(=O)Nc2ccc(NC(=O)Cc3cccs3)c(-c3ccc(C(=O)O)cc3)c21. The van der Waals surface area contributed by atoms with Crippen molar-refractivity contribution in [1.82, 2.24) is 4.98 Å². The lowest BCUT2D eigenvalue weighted by Crippen LogP contribution is -2.14. The Bertz CT molecular complexity index is 1500. The molecule has 180 valence electrons. The summed E-state index contributed by atoms with van der Waals surface area (Å²) >= 11 is 1.50. The molecule has 5 rings (SSSR count). The van der Waals surface area contributed by atoms with Crippen LogP contribution in [0.3, 0.4) is 0 Å². The van der Waals surface area contributed by atoms with E-state index in [4.69, 9.17) is 4.74 Å². The summed E-state index contributed by atoms with van der Waals surface area (Å²) in [5.41, 5.74) is 4.12. The molecular weight excluding hydrogens is 478 g/mol. The molecule has 1 aliphatic rings. The van der Waals surface area contributed by atoms with Gasteiger partial charge in [0.1, 0.15) is 5.75 Å². The number of amides is 2. The third-order valence-corrected chi connectivity index (χ3v) is 6.70. The van der Waals surface area contributed by atoms with Gasteiger partial charge in [-0.2, -0.15) is 0 Å². The second kappa shape index (κ2) is 9.55. The van der Waals surface area contributed by atoms with Crippen LogP contribution >= 0.6 is 11.3 Å². The number of fused-ring (bicyclic) bond motifs is 1. The fraction of sp³-hybridized carbons (Fsp3) is 0.0741. The lowest BCUT2D eigenvalue weighted by Gasteiger charge is -2.16. The van der Waals surface area contributed by atoms with Crippen molar-refractivity contribution in [1.29, 1.82) is 0 Å². The van der Waals surface area contributed by atoms with Gasteiger partial charge in [-0.1, -0.05) is 18.2 Å². The van der Waals surface area contributed by atoms with Gasteiger partial charge in [0, 0.05) is 33.6 Å². The van der Waals surface area contributed by atoms with Crippen LogP contribution < -0.4 is 15.4 Å². The van der Waals surface area contributed by atoms with E-state index < -0.39 is 5.97 Å². The number of carboxylic acid groups (broad SMARTS) is 1. The van der Waals surface area contributed by atoms with Crippen molar-refractivity contribution < 1.29 is 24.2 Å². The van der Waals surface area contributed by atoms with Crippen LogP contribution in [0.1, 0.15) is 26.5 Å². The van der Waals surface area contributed by atoms with Gasteiger partial charge in [-0.25, -0.2) is 4.79 Å². The number of ether oxygens (including phenoxy) is 1. The second-order valence-electron chi connectivity index (χ2n) is 8.07. The molecule has 36 heavy (non-hydrogen) atoms. The number of hydrogen-bond acceptors (Lipinski definition) is 5. The molecule has 3 heterocycles. The molecule has 1 aliphatic heterocycles. The van der Waals surface area contributed by atoms with Gasteiger partial charge >= 0.3 is 5.97 Å². The Morgan fingerprint density at radius 3 is 2.58 bits per heavy atom. The predicted octanol–water partition coefficient (Wildman–Crippen LogP) is 5.12. The van der Waals surface area contributed by atoms with Crippen LogP contribution in [-0.4, -0.2) is 35.0 Å². The van der Waals surface area contributed by atoms with E-state index >= 15 is 0 Å². The molecule has 0 spiro atoms. The van der Waals surface area contributed by atoms with Crippen LogP contribution in [0.5, 0.6) is 5.75 Å². The summed E-state index contributed by atoms with van der Waals surface area (Å²) in [7, 11) is 1.55. The number of aromatic amines is 1. The summed E-state index contributed by atoms with van der Waals surface area (Å²) < 4.78 is 5.38. The predicted molar refractivity (Wildman–Crippen MR) is 139 cm³/mol. The Hall–Kier alpha value is -4.63. The zero-order valence-electron chi connectivity index (χ0n) is 19.1. The topological polar surface area (TPSA) is 121 Å². The summed E-state index contributed by atoms with van der Waals surface area (Å²) in [6.45, 7) is 0. The third-order valence-electron chi connectivity index (χ3n) is 5.82. The summed E-state index contributed by atoms with van der Waals surface area (Å²) in [4.78, 5) is 41.3. The number of carboxylic acids is 1. The van der Waals surface area contributed by atoms with Crippen molar-refractivity contribution in [2.45, 2.75) is 6.42 Å². The van der Waals surface area contributed by atoms with E-state index in [0.717, 1.165) is 4.88 Å². The Labute approximate surface area is 210 Å². The van der Waals surface area contributed by atoms with Crippen LogP contribution in [0.4, 0.5) is 11.4 Å². The molecule has 8 nitrogen and oxygen atoms in total. The third kappa shape index (κ3) is 4.39. The van der Waals surface area contributed by atoms with E-state index in [1.807, 2.05) is 17.5 Å². The van der Waals surface area contributed by atoms with Gasteiger partial charge in [-0.05, 0) is 53.4 Å². The quantitative estimate of drug-likeness (QED) is 0.263. The first-order chi connectivity index (χ1) is 17.4.